The largest absolute Gasteiger partial charge is 0.465 e. The lowest BCUT2D eigenvalue weighted by Crippen LogP contribution is -2.26. The van der Waals surface area contributed by atoms with Crippen molar-refractivity contribution in [1.29, 1.82) is 0 Å². The van der Waals surface area contributed by atoms with Crippen molar-refractivity contribution >= 4 is 29.5 Å². The molecule has 0 aliphatic carbocycles. The molecule has 1 atom stereocenters. The summed E-state index contributed by atoms with van der Waals surface area (Å²) in [5.74, 6) is -0.501. The molecule has 0 bridgehead atoms. The van der Waals surface area contributed by atoms with Crippen molar-refractivity contribution < 1.29 is 23.9 Å². The zero-order valence-corrected chi connectivity index (χ0v) is 17.6. The van der Waals surface area contributed by atoms with E-state index in [0.717, 1.165) is 5.56 Å². The predicted octanol–water partition coefficient (Wildman–Crippen LogP) is 3.77. The number of nitrogens with one attached hydrogen (secondary N) is 1. The normalized spacial score (nSPS) is 11.8. The van der Waals surface area contributed by atoms with Crippen LogP contribution in [-0.4, -0.2) is 41.7 Å². The van der Waals surface area contributed by atoms with Crippen LogP contribution in [0.1, 0.15) is 50.2 Å². The van der Waals surface area contributed by atoms with Crippen LogP contribution in [-0.2, 0) is 20.0 Å². The van der Waals surface area contributed by atoms with Crippen LogP contribution in [0.15, 0.2) is 24.3 Å². The fourth-order valence-corrected chi connectivity index (χ4v) is 3.59. The maximum atomic E-state index is 12.6. The highest BCUT2D eigenvalue weighted by Crippen LogP contribution is 2.21. The third kappa shape index (κ3) is 5.25. The number of hydrogen-bond acceptors (Lipinski definition) is 6. The van der Waals surface area contributed by atoms with Crippen molar-refractivity contribution in [2.24, 2.45) is 0 Å². The number of methoxy groups -OCH3 is 1. The number of carbonyl (C=O) groups is 3. The van der Waals surface area contributed by atoms with Crippen LogP contribution in [0.25, 0.3) is 0 Å². The molecule has 150 valence electrons. The number of Topliss-reactive ketones (excluding diaryl/α,β-unsaturated/α-hetero) is 1. The van der Waals surface area contributed by atoms with Crippen LogP contribution in [0.2, 0.25) is 0 Å². The minimum Gasteiger partial charge on any atom is -0.465 e. The third-order valence-electron chi connectivity index (χ3n) is 4.36. The lowest BCUT2D eigenvalue weighted by Gasteiger charge is -2.12. The van der Waals surface area contributed by atoms with Gasteiger partial charge in [-0.25, -0.2) is 4.79 Å². The Kier molecular flexibility index (Phi) is 7.45. The van der Waals surface area contributed by atoms with E-state index >= 15 is 0 Å². The Balaban J connectivity index is 1.92. The van der Waals surface area contributed by atoms with Crippen LogP contribution in [0, 0.1) is 20.8 Å². The molecule has 1 aromatic carbocycles. The summed E-state index contributed by atoms with van der Waals surface area (Å²) in [6, 6.07) is 8.10. The zero-order chi connectivity index (χ0) is 20.8. The van der Waals surface area contributed by atoms with Crippen molar-refractivity contribution in [3.05, 3.63) is 57.9 Å². The van der Waals surface area contributed by atoms with E-state index in [9.17, 15) is 14.4 Å². The van der Waals surface area contributed by atoms with Crippen LogP contribution in [0.3, 0.4) is 0 Å². The van der Waals surface area contributed by atoms with Crippen molar-refractivity contribution in [3.8, 4) is 0 Å². The maximum absolute atomic E-state index is 12.6. The summed E-state index contributed by atoms with van der Waals surface area (Å²) in [6.07, 6.45) is -0.949. The molecule has 0 amide bonds. The van der Waals surface area contributed by atoms with Gasteiger partial charge in [0.2, 0.25) is 5.78 Å². The molecule has 0 aliphatic rings. The number of aromatic amines is 1. The van der Waals surface area contributed by atoms with Crippen molar-refractivity contribution in [1.82, 2.24) is 4.98 Å². The molecule has 6 nitrogen and oxygen atoms in total. The lowest BCUT2D eigenvalue weighted by atomic mass is 10.1. The van der Waals surface area contributed by atoms with Crippen molar-refractivity contribution in [2.45, 2.75) is 39.6 Å². The Bertz CT molecular complexity index is 870. The SMILES string of the molecule is COC(=O)c1c(C)[nH]c(C(=O)[C@H](C)OC(=O)CSCc2ccc(C)cc2)c1C. The number of rotatable bonds is 8. The molecule has 0 spiro atoms. The average molecular weight is 404 g/mol. The van der Waals surface area contributed by atoms with Crippen LogP contribution >= 0.6 is 11.8 Å². The molecule has 1 heterocycles. The number of thioether (sulfide) groups is 1. The van der Waals surface area contributed by atoms with Gasteiger partial charge in [0, 0.05) is 11.4 Å². The van der Waals surface area contributed by atoms with Crippen molar-refractivity contribution in [3.63, 3.8) is 0 Å². The Hall–Kier alpha value is -2.54. The highest BCUT2D eigenvalue weighted by Gasteiger charge is 2.27. The summed E-state index contributed by atoms with van der Waals surface area (Å²) in [5, 5.41) is 0. The number of H-pyrrole nitrogens is 1. The van der Waals surface area contributed by atoms with Crippen LogP contribution in [0.4, 0.5) is 0 Å². The smallest absolute Gasteiger partial charge is 0.339 e. The number of ether oxygens (including phenoxy) is 2. The first-order valence-corrected chi connectivity index (χ1v) is 10.0. The molecule has 28 heavy (non-hydrogen) atoms. The molecule has 2 aromatic rings. The standard InChI is InChI=1S/C21H25NO5S/c1-12-6-8-16(9-7-12)10-28-11-17(23)27-15(4)20(24)19-13(2)18(14(3)22-19)21(25)26-5/h6-9,15,22H,10-11H2,1-5H3/t15-/m0/s1. The highest BCUT2D eigenvalue weighted by molar-refractivity contribution is 7.99. The van der Waals surface area contributed by atoms with E-state index in [1.807, 2.05) is 31.2 Å². The van der Waals surface area contributed by atoms with E-state index in [2.05, 4.69) is 4.98 Å². The molecule has 1 N–H and O–H groups in total. The Morgan fingerprint density at radius 3 is 2.36 bits per heavy atom. The maximum Gasteiger partial charge on any atom is 0.339 e. The van der Waals surface area contributed by atoms with E-state index in [1.165, 1.54) is 31.4 Å². The molecule has 0 saturated carbocycles. The molecular weight excluding hydrogens is 378 g/mol. The van der Waals surface area contributed by atoms with E-state index < -0.39 is 18.0 Å². The summed E-state index contributed by atoms with van der Waals surface area (Å²) >= 11 is 1.43. The zero-order valence-electron chi connectivity index (χ0n) is 16.8. The summed E-state index contributed by atoms with van der Waals surface area (Å²) < 4.78 is 10.0. The first kappa shape index (κ1) is 21.8. The Labute approximate surface area is 169 Å². The number of aromatic nitrogens is 1. The van der Waals surface area contributed by atoms with Gasteiger partial charge in [0.15, 0.2) is 6.10 Å². The fraction of sp³-hybridized carbons (Fsp3) is 0.381. The van der Waals surface area contributed by atoms with E-state index in [0.29, 0.717) is 22.6 Å². The van der Waals surface area contributed by atoms with Gasteiger partial charge in [-0.3, -0.25) is 9.59 Å². The van der Waals surface area contributed by atoms with E-state index in [-0.39, 0.29) is 17.2 Å². The predicted molar refractivity (Wildman–Crippen MR) is 109 cm³/mol. The van der Waals surface area contributed by atoms with Crippen LogP contribution in [0.5, 0.6) is 0 Å². The summed E-state index contributed by atoms with van der Waals surface area (Å²) in [6.45, 7) is 6.90. The molecular formula is C21H25NO5S. The molecule has 0 fully saturated rings. The fourth-order valence-electron chi connectivity index (χ4n) is 2.83. The molecule has 0 aliphatic heterocycles. The number of carbonyl (C=O) groups excluding carboxylic acids is 3. The number of ketones is 1. The average Bonchev–Trinajstić information content (AvgIpc) is 2.96. The van der Waals surface area contributed by atoms with E-state index in [1.54, 1.807) is 13.8 Å². The summed E-state index contributed by atoms with van der Waals surface area (Å²) in [7, 11) is 1.29. The molecule has 0 unspecified atom stereocenters. The number of esters is 2. The van der Waals surface area contributed by atoms with Gasteiger partial charge in [0.25, 0.3) is 0 Å². The van der Waals surface area contributed by atoms with Gasteiger partial charge in [-0.05, 0) is 38.8 Å². The second-order valence-corrected chi connectivity index (χ2v) is 7.58. The summed E-state index contributed by atoms with van der Waals surface area (Å²) in [5.41, 5.74) is 3.93. The summed E-state index contributed by atoms with van der Waals surface area (Å²) in [4.78, 5) is 39.5. The van der Waals surface area contributed by atoms with Crippen LogP contribution < -0.4 is 0 Å². The quantitative estimate of drug-likeness (QED) is 0.533. The molecule has 2 rings (SSSR count). The second kappa shape index (κ2) is 9.59. The van der Waals surface area contributed by atoms with E-state index in [4.69, 9.17) is 9.47 Å². The Morgan fingerprint density at radius 2 is 1.75 bits per heavy atom. The molecule has 7 heteroatoms. The first-order chi connectivity index (χ1) is 13.2. The second-order valence-electron chi connectivity index (χ2n) is 6.59. The van der Waals surface area contributed by atoms with Gasteiger partial charge in [0.05, 0.1) is 24.1 Å². The highest BCUT2D eigenvalue weighted by atomic mass is 32.2. The number of hydrogen-bond donors (Lipinski definition) is 1. The van der Waals surface area contributed by atoms with Gasteiger partial charge < -0.3 is 14.5 Å². The van der Waals surface area contributed by atoms with Crippen molar-refractivity contribution in [2.75, 3.05) is 12.9 Å². The van der Waals surface area contributed by atoms with Gasteiger partial charge >= 0.3 is 11.9 Å². The number of benzene rings is 1. The molecule has 1 aromatic heterocycles. The molecule has 0 radical (unpaired) electrons. The van der Waals surface area contributed by atoms with Gasteiger partial charge in [-0.15, -0.1) is 11.8 Å². The van der Waals surface area contributed by atoms with Gasteiger partial charge in [-0.2, -0.15) is 0 Å². The third-order valence-corrected chi connectivity index (χ3v) is 5.34. The minimum absolute atomic E-state index is 0.154. The molecule has 0 saturated heterocycles. The number of aryl methyl sites for hydroxylation is 2. The first-order valence-electron chi connectivity index (χ1n) is 8.89. The monoisotopic (exact) mass is 403 g/mol. The lowest BCUT2D eigenvalue weighted by molar-refractivity contribution is -0.143. The topological polar surface area (TPSA) is 85.5 Å². The van der Waals surface area contributed by atoms with Gasteiger partial charge in [-0.1, -0.05) is 29.8 Å². The van der Waals surface area contributed by atoms with Gasteiger partial charge in [0.1, 0.15) is 0 Å². The minimum atomic E-state index is -0.949. The Morgan fingerprint density at radius 1 is 1.11 bits per heavy atom.